The van der Waals surface area contributed by atoms with Crippen molar-refractivity contribution in [1.82, 2.24) is 9.97 Å². The van der Waals surface area contributed by atoms with E-state index in [0.717, 1.165) is 0 Å². The minimum Gasteiger partial charge on any atom is -0.465 e. The number of hydrogen-bond acceptors (Lipinski definition) is 8. The van der Waals surface area contributed by atoms with Gasteiger partial charge in [-0.25, -0.2) is 19.6 Å². The summed E-state index contributed by atoms with van der Waals surface area (Å²) in [6, 6.07) is 6.03. The molecule has 2 heterocycles. The van der Waals surface area contributed by atoms with Gasteiger partial charge >= 0.3 is 11.9 Å². The molecule has 0 aromatic carbocycles. The van der Waals surface area contributed by atoms with Crippen LogP contribution in [0.4, 0.5) is 5.82 Å². The molecule has 2 aromatic rings. The van der Waals surface area contributed by atoms with Crippen LogP contribution in [0.15, 0.2) is 24.3 Å². The average molecular weight is 438 g/mol. The van der Waals surface area contributed by atoms with Gasteiger partial charge in [-0.05, 0) is 31.3 Å². The number of esters is 2. The van der Waals surface area contributed by atoms with E-state index in [1.54, 1.807) is 13.1 Å². The monoisotopic (exact) mass is 436 g/mol. The Bertz CT molecular complexity index is 775. The van der Waals surface area contributed by atoms with Crippen LogP contribution in [-0.2, 0) is 9.47 Å². The second-order valence-electron chi connectivity index (χ2n) is 4.24. The maximum Gasteiger partial charge on any atom is 0.341 e. The minimum absolute atomic E-state index is 0.0503. The van der Waals surface area contributed by atoms with Crippen molar-refractivity contribution >= 4 is 52.6 Å². The van der Waals surface area contributed by atoms with Crippen molar-refractivity contribution in [3.63, 3.8) is 0 Å². The highest BCUT2D eigenvalue weighted by atomic mass is 35.5. The number of nitrogens with zero attached hydrogens (tertiary/aromatic N) is 2. The number of nitrogens with one attached hydrogen (secondary N) is 1. The minimum atomic E-state index is -0.524. The third-order valence-electron chi connectivity index (χ3n) is 2.72. The number of hydrogen-bond donors (Lipinski definition) is 2. The third-order valence-corrected chi connectivity index (χ3v) is 3.43. The summed E-state index contributed by atoms with van der Waals surface area (Å²) in [5.74, 6) is -0.544. The van der Waals surface area contributed by atoms with E-state index in [-0.39, 0.29) is 15.9 Å². The molecule has 148 valence electrons. The Morgan fingerprint density at radius 3 is 1.78 bits per heavy atom. The molecule has 0 atom stereocenters. The van der Waals surface area contributed by atoms with Crippen LogP contribution in [0.1, 0.15) is 20.7 Å². The van der Waals surface area contributed by atoms with Gasteiger partial charge in [0.25, 0.3) is 0 Å². The fourth-order valence-corrected chi connectivity index (χ4v) is 2.14. The predicted molar refractivity (Wildman–Crippen MR) is 106 cm³/mol. The molecular weight excluding hydrogens is 419 g/mol. The van der Waals surface area contributed by atoms with E-state index in [0.29, 0.717) is 16.5 Å². The third kappa shape index (κ3) is 7.96. The van der Waals surface area contributed by atoms with Gasteiger partial charge in [-0.1, -0.05) is 34.8 Å². The van der Waals surface area contributed by atoms with Crippen LogP contribution in [0.2, 0.25) is 15.5 Å². The number of methoxy groups -OCH3 is 2. The molecule has 0 aliphatic carbocycles. The van der Waals surface area contributed by atoms with E-state index in [2.05, 4.69) is 30.5 Å². The number of carbonyl (C=O) groups excluding carboxylic acids is 2. The van der Waals surface area contributed by atoms with Crippen LogP contribution in [0, 0.1) is 0 Å². The highest BCUT2D eigenvalue weighted by Gasteiger charge is 2.12. The van der Waals surface area contributed by atoms with Crippen LogP contribution >= 0.6 is 34.8 Å². The molecule has 0 unspecified atom stereocenters. The Morgan fingerprint density at radius 1 is 0.889 bits per heavy atom. The maximum atomic E-state index is 11.2. The SMILES string of the molecule is CN.CNc1nc(Cl)ccc1C(=O)OC.COC(=O)c1ccc(Cl)nc1Cl. The number of anilines is 1. The summed E-state index contributed by atoms with van der Waals surface area (Å²) in [6.45, 7) is 0. The van der Waals surface area contributed by atoms with E-state index in [1.807, 2.05) is 0 Å². The molecule has 0 spiro atoms. The number of carbonyl (C=O) groups is 2. The zero-order chi connectivity index (χ0) is 21.0. The van der Waals surface area contributed by atoms with E-state index in [1.165, 1.54) is 39.5 Å². The number of nitrogens with two attached hydrogens (primary N) is 1. The normalized spacial score (nSPS) is 9.04. The zero-order valence-electron chi connectivity index (χ0n) is 15.0. The predicted octanol–water partition coefficient (Wildman–Crippen LogP) is 3.31. The Hall–Kier alpha value is -2.13. The van der Waals surface area contributed by atoms with Crippen molar-refractivity contribution < 1.29 is 19.1 Å². The fourth-order valence-electron chi connectivity index (χ4n) is 1.57. The Balaban J connectivity index is 0.000000460. The summed E-state index contributed by atoms with van der Waals surface area (Å²) in [7, 11) is 5.74. The van der Waals surface area contributed by atoms with Crippen molar-refractivity contribution in [2.45, 2.75) is 0 Å². The van der Waals surface area contributed by atoms with Crippen molar-refractivity contribution in [1.29, 1.82) is 0 Å². The first-order chi connectivity index (χ1) is 12.8. The molecule has 2 aromatic heterocycles. The Labute approximate surface area is 171 Å². The lowest BCUT2D eigenvalue weighted by molar-refractivity contribution is 0.0592. The van der Waals surface area contributed by atoms with E-state index in [4.69, 9.17) is 34.8 Å². The van der Waals surface area contributed by atoms with Crippen molar-refractivity contribution in [2.75, 3.05) is 33.6 Å². The van der Waals surface area contributed by atoms with Crippen LogP contribution < -0.4 is 11.1 Å². The highest BCUT2D eigenvalue weighted by Crippen LogP contribution is 2.17. The quantitative estimate of drug-likeness (QED) is 0.555. The Morgan fingerprint density at radius 2 is 1.33 bits per heavy atom. The lowest BCUT2D eigenvalue weighted by Gasteiger charge is -2.05. The number of rotatable bonds is 3. The lowest BCUT2D eigenvalue weighted by Crippen LogP contribution is -2.07. The molecule has 27 heavy (non-hydrogen) atoms. The molecule has 0 saturated heterocycles. The molecule has 11 heteroatoms. The molecule has 0 aliphatic heterocycles. The topological polar surface area (TPSA) is 116 Å². The highest BCUT2D eigenvalue weighted by molar-refractivity contribution is 6.34. The van der Waals surface area contributed by atoms with E-state index >= 15 is 0 Å². The van der Waals surface area contributed by atoms with Crippen LogP contribution in [-0.4, -0.2) is 50.2 Å². The standard InChI is InChI=1S/C8H9ClN2O2.C7H5Cl2NO2.CH5N/c1-10-7-5(8(12)13-2)3-4-6(9)11-7;1-12-7(11)4-2-3-5(8)10-6(4)9;1-2/h3-4H,1-2H3,(H,10,11);2-3H,1H3;2H2,1H3. The van der Waals surface area contributed by atoms with Gasteiger partial charge in [0.1, 0.15) is 26.8 Å². The molecule has 0 aliphatic rings. The van der Waals surface area contributed by atoms with Crippen molar-refractivity contribution in [3.05, 3.63) is 50.9 Å². The van der Waals surface area contributed by atoms with Crippen LogP contribution in [0.3, 0.4) is 0 Å². The largest absolute Gasteiger partial charge is 0.465 e. The number of aromatic nitrogens is 2. The second-order valence-corrected chi connectivity index (χ2v) is 5.37. The summed E-state index contributed by atoms with van der Waals surface area (Å²) >= 11 is 16.8. The Kier molecular flexibility index (Phi) is 12.1. The first-order valence-corrected chi connectivity index (χ1v) is 8.38. The van der Waals surface area contributed by atoms with Gasteiger partial charge in [0, 0.05) is 7.05 Å². The van der Waals surface area contributed by atoms with Crippen molar-refractivity contribution in [3.8, 4) is 0 Å². The molecule has 8 nitrogen and oxygen atoms in total. The van der Waals surface area contributed by atoms with Gasteiger partial charge < -0.3 is 20.5 Å². The molecule has 0 amide bonds. The van der Waals surface area contributed by atoms with Gasteiger partial charge in [-0.3, -0.25) is 0 Å². The smallest absolute Gasteiger partial charge is 0.341 e. The fraction of sp³-hybridized carbons (Fsp3) is 0.250. The van der Waals surface area contributed by atoms with Gasteiger partial charge in [0.2, 0.25) is 0 Å². The molecular formula is C16H19Cl3N4O4. The summed E-state index contributed by atoms with van der Waals surface area (Å²) in [5.41, 5.74) is 5.08. The van der Waals surface area contributed by atoms with Crippen LogP contribution in [0.5, 0.6) is 0 Å². The van der Waals surface area contributed by atoms with Gasteiger partial charge in [-0.2, -0.15) is 0 Å². The molecule has 0 bridgehead atoms. The molecule has 0 saturated carbocycles. The zero-order valence-corrected chi connectivity index (χ0v) is 17.3. The van der Waals surface area contributed by atoms with Gasteiger partial charge in [-0.15, -0.1) is 0 Å². The second kappa shape index (κ2) is 13.1. The number of pyridine rings is 2. The first-order valence-electron chi connectivity index (χ1n) is 7.24. The van der Waals surface area contributed by atoms with E-state index in [9.17, 15) is 9.59 Å². The van der Waals surface area contributed by atoms with Gasteiger partial charge in [0.05, 0.1) is 19.8 Å². The average Bonchev–Trinajstić information content (AvgIpc) is 2.68. The molecule has 0 fully saturated rings. The van der Waals surface area contributed by atoms with Crippen LogP contribution in [0.25, 0.3) is 0 Å². The molecule has 3 N–H and O–H groups in total. The first kappa shape index (κ1) is 24.9. The summed E-state index contributed by atoms with van der Waals surface area (Å²) < 4.78 is 9.01. The van der Waals surface area contributed by atoms with Crippen molar-refractivity contribution in [2.24, 2.45) is 5.73 Å². The maximum absolute atomic E-state index is 11.2. The molecule has 2 rings (SSSR count). The lowest BCUT2D eigenvalue weighted by atomic mass is 10.2. The summed E-state index contributed by atoms with van der Waals surface area (Å²) in [6.07, 6.45) is 0. The number of halogens is 3. The number of ether oxygens (including phenoxy) is 2. The van der Waals surface area contributed by atoms with Gasteiger partial charge in [0.15, 0.2) is 0 Å². The summed E-state index contributed by atoms with van der Waals surface area (Å²) in [5, 5.41) is 3.38. The summed E-state index contributed by atoms with van der Waals surface area (Å²) in [4.78, 5) is 29.7. The molecule has 0 radical (unpaired) electrons. The van der Waals surface area contributed by atoms with E-state index < -0.39 is 11.9 Å².